The second-order valence-corrected chi connectivity index (χ2v) is 8.46. The third-order valence-electron chi connectivity index (χ3n) is 5.51. The summed E-state index contributed by atoms with van der Waals surface area (Å²) in [6.07, 6.45) is -3.80. The van der Waals surface area contributed by atoms with Crippen LogP contribution in [0.15, 0.2) is 89.3 Å². The number of phenols is 1. The lowest BCUT2D eigenvalue weighted by molar-refractivity contribution is -0.137. The standard InChI is InChI=1S/C25H18F3N3OS/c26-25(27,28)18-12-10-17(11-13-18)21-15-33-24(29-21)31-22(19-8-4-5-9-23(19)32)14-20(30-31)16-6-2-1-3-7-16/h1-13,15,22,32H,14H2. The summed E-state index contributed by atoms with van der Waals surface area (Å²) in [6, 6.07) is 21.6. The van der Waals surface area contributed by atoms with Crippen LogP contribution in [-0.2, 0) is 6.18 Å². The highest BCUT2D eigenvalue weighted by Crippen LogP contribution is 2.42. The molecular formula is C25H18F3N3OS. The first-order valence-electron chi connectivity index (χ1n) is 10.2. The predicted molar refractivity (Wildman–Crippen MR) is 123 cm³/mol. The van der Waals surface area contributed by atoms with Crippen molar-refractivity contribution >= 4 is 22.2 Å². The van der Waals surface area contributed by atoms with E-state index in [1.807, 2.05) is 42.5 Å². The van der Waals surface area contributed by atoms with Gasteiger partial charge in [-0.2, -0.15) is 18.3 Å². The zero-order valence-corrected chi connectivity index (χ0v) is 18.0. The van der Waals surface area contributed by atoms with Gasteiger partial charge in [0.1, 0.15) is 5.75 Å². The summed E-state index contributed by atoms with van der Waals surface area (Å²) in [5, 5.41) is 19.5. The molecule has 1 N–H and O–H groups in total. The molecule has 3 aromatic carbocycles. The number of halogens is 3. The van der Waals surface area contributed by atoms with E-state index in [-0.39, 0.29) is 11.8 Å². The normalized spacial score (nSPS) is 16.2. The molecule has 2 heterocycles. The summed E-state index contributed by atoms with van der Waals surface area (Å²) >= 11 is 1.36. The van der Waals surface area contributed by atoms with Crippen LogP contribution in [0.5, 0.6) is 5.75 Å². The number of hydrogen-bond acceptors (Lipinski definition) is 5. The van der Waals surface area contributed by atoms with Crippen LogP contribution in [0.25, 0.3) is 11.3 Å². The van der Waals surface area contributed by atoms with Crippen LogP contribution in [0.1, 0.15) is 29.2 Å². The van der Waals surface area contributed by atoms with Gasteiger partial charge < -0.3 is 5.11 Å². The molecular weight excluding hydrogens is 447 g/mol. The van der Waals surface area contributed by atoms with Crippen molar-refractivity contribution in [2.75, 3.05) is 5.01 Å². The van der Waals surface area contributed by atoms with E-state index in [9.17, 15) is 18.3 Å². The Morgan fingerprint density at radius 2 is 1.58 bits per heavy atom. The van der Waals surface area contributed by atoms with Gasteiger partial charge in [0, 0.05) is 22.9 Å². The lowest BCUT2D eigenvalue weighted by atomic mass is 9.98. The van der Waals surface area contributed by atoms with Crippen molar-refractivity contribution in [2.45, 2.75) is 18.6 Å². The third-order valence-corrected chi connectivity index (χ3v) is 6.34. The minimum absolute atomic E-state index is 0.177. The Morgan fingerprint density at radius 1 is 0.879 bits per heavy atom. The molecule has 4 aromatic rings. The number of thiazole rings is 1. The van der Waals surface area contributed by atoms with Gasteiger partial charge >= 0.3 is 6.18 Å². The first-order chi connectivity index (χ1) is 15.9. The summed E-state index contributed by atoms with van der Waals surface area (Å²) in [6.45, 7) is 0. The number of alkyl halides is 3. The van der Waals surface area contributed by atoms with Gasteiger partial charge in [-0.25, -0.2) is 9.99 Å². The van der Waals surface area contributed by atoms with E-state index in [4.69, 9.17) is 5.10 Å². The Morgan fingerprint density at radius 3 is 2.27 bits per heavy atom. The molecule has 0 saturated heterocycles. The fraction of sp³-hybridized carbons (Fsp3) is 0.120. The van der Waals surface area contributed by atoms with Crippen molar-refractivity contribution in [1.82, 2.24) is 4.98 Å². The van der Waals surface area contributed by atoms with Crippen LogP contribution in [0.4, 0.5) is 18.3 Å². The average molecular weight is 466 g/mol. The number of anilines is 1. The highest BCUT2D eigenvalue weighted by atomic mass is 32.1. The maximum Gasteiger partial charge on any atom is 0.416 e. The van der Waals surface area contributed by atoms with E-state index >= 15 is 0 Å². The molecule has 4 nitrogen and oxygen atoms in total. The van der Waals surface area contributed by atoms with Crippen LogP contribution in [0, 0.1) is 0 Å². The Bertz CT molecular complexity index is 1300. The topological polar surface area (TPSA) is 48.7 Å². The van der Waals surface area contributed by atoms with Crippen LogP contribution in [-0.4, -0.2) is 15.8 Å². The number of para-hydroxylation sites is 1. The Kier molecular flexibility index (Phi) is 5.38. The smallest absolute Gasteiger partial charge is 0.416 e. The molecule has 0 saturated carbocycles. The third kappa shape index (κ3) is 4.21. The molecule has 0 amide bonds. The molecule has 1 atom stereocenters. The van der Waals surface area contributed by atoms with Gasteiger partial charge in [0.2, 0.25) is 5.13 Å². The van der Waals surface area contributed by atoms with E-state index < -0.39 is 11.7 Å². The summed E-state index contributed by atoms with van der Waals surface area (Å²) in [4.78, 5) is 4.66. The summed E-state index contributed by atoms with van der Waals surface area (Å²) in [7, 11) is 0. The highest BCUT2D eigenvalue weighted by molar-refractivity contribution is 7.14. The van der Waals surface area contributed by atoms with E-state index in [1.165, 1.54) is 23.5 Å². The maximum atomic E-state index is 12.9. The van der Waals surface area contributed by atoms with Crippen molar-refractivity contribution in [3.63, 3.8) is 0 Å². The summed E-state index contributed by atoms with van der Waals surface area (Å²) < 4.78 is 38.7. The maximum absolute atomic E-state index is 12.9. The van der Waals surface area contributed by atoms with Gasteiger partial charge in [-0.3, -0.25) is 0 Å². The fourth-order valence-electron chi connectivity index (χ4n) is 3.84. The van der Waals surface area contributed by atoms with E-state index in [0.29, 0.717) is 22.8 Å². The second kappa shape index (κ2) is 8.37. The van der Waals surface area contributed by atoms with Crippen molar-refractivity contribution in [3.8, 4) is 17.0 Å². The van der Waals surface area contributed by atoms with Crippen LogP contribution >= 0.6 is 11.3 Å². The molecule has 1 aliphatic rings. The number of hydrogen-bond donors (Lipinski definition) is 1. The minimum Gasteiger partial charge on any atom is -0.508 e. The van der Waals surface area contributed by atoms with Crippen molar-refractivity contribution in [3.05, 3.63) is 101 Å². The molecule has 0 bridgehead atoms. The number of benzene rings is 3. The number of hydrazone groups is 1. The predicted octanol–water partition coefficient (Wildman–Crippen LogP) is 6.89. The monoisotopic (exact) mass is 465 g/mol. The van der Waals surface area contributed by atoms with Crippen molar-refractivity contribution < 1.29 is 18.3 Å². The van der Waals surface area contributed by atoms with E-state index in [2.05, 4.69) is 4.98 Å². The minimum atomic E-state index is -4.38. The van der Waals surface area contributed by atoms with Gasteiger partial charge in [0.05, 0.1) is 23.0 Å². The van der Waals surface area contributed by atoms with E-state index in [1.54, 1.807) is 22.5 Å². The zero-order valence-electron chi connectivity index (χ0n) is 17.2. The number of nitrogens with zero attached hydrogens (tertiary/aromatic N) is 3. The molecule has 1 aliphatic heterocycles. The van der Waals surface area contributed by atoms with Crippen LogP contribution in [0.2, 0.25) is 0 Å². The van der Waals surface area contributed by atoms with E-state index in [0.717, 1.165) is 29.0 Å². The molecule has 0 radical (unpaired) electrons. The Labute approximate surface area is 192 Å². The van der Waals surface area contributed by atoms with Gasteiger partial charge in [0.25, 0.3) is 0 Å². The number of aromatic nitrogens is 1. The molecule has 8 heteroatoms. The fourth-order valence-corrected chi connectivity index (χ4v) is 4.67. The van der Waals surface area contributed by atoms with Crippen molar-refractivity contribution in [2.24, 2.45) is 5.10 Å². The highest BCUT2D eigenvalue weighted by Gasteiger charge is 2.33. The lowest BCUT2D eigenvalue weighted by Crippen LogP contribution is -2.18. The van der Waals surface area contributed by atoms with Gasteiger partial charge in [-0.15, -0.1) is 11.3 Å². The molecule has 33 heavy (non-hydrogen) atoms. The molecule has 1 aromatic heterocycles. The molecule has 1 unspecified atom stereocenters. The number of aromatic hydroxyl groups is 1. The molecule has 0 fully saturated rings. The largest absolute Gasteiger partial charge is 0.508 e. The van der Waals surface area contributed by atoms with Crippen molar-refractivity contribution in [1.29, 1.82) is 0 Å². The number of phenolic OH excluding ortho intramolecular Hbond substituents is 1. The lowest BCUT2D eigenvalue weighted by Gasteiger charge is -2.21. The quantitative estimate of drug-likeness (QED) is 0.357. The summed E-state index contributed by atoms with van der Waals surface area (Å²) in [5.41, 5.74) is 3.06. The molecule has 0 spiro atoms. The molecule has 5 rings (SSSR count). The first-order valence-corrected chi connectivity index (χ1v) is 11.1. The molecule has 166 valence electrons. The SMILES string of the molecule is Oc1ccccc1C1CC(c2ccccc2)=NN1c1nc(-c2ccc(C(F)(F)F)cc2)cs1. The molecule has 0 aliphatic carbocycles. The Balaban J connectivity index is 1.51. The van der Waals surface area contributed by atoms with Gasteiger partial charge in [0.15, 0.2) is 0 Å². The number of rotatable bonds is 4. The van der Waals surface area contributed by atoms with Crippen LogP contribution in [0.3, 0.4) is 0 Å². The first kappa shape index (κ1) is 21.2. The van der Waals surface area contributed by atoms with Gasteiger partial charge in [-0.1, -0.05) is 60.7 Å². The summed E-state index contributed by atoms with van der Waals surface area (Å²) in [5.74, 6) is 0.177. The zero-order chi connectivity index (χ0) is 23.0. The van der Waals surface area contributed by atoms with Crippen LogP contribution < -0.4 is 5.01 Å². The van der Waals surface area contributed by atoms with Gasteiger partial charge in [-0.05, 0) is 23.8 Å². The Hall–Kier alpha value is -3.65. The second-order valence-electron chi connectivity index (χ2n) is 7.63. The average Bonchev–Trinajstić information content (AvgIpc) is 3.47.